The lowest BCUT2D eigenvalue weighted by molar-refractivity contribution is 0.0981. The Morgan fingerprint density at radius 2 is 1.80 bits per heavy atom. The molecule has 1 fully saturated rings. The second kappa shape index (κ2) is 10.4. The van der Waals surface area contributed by atoms with Crippen LogP contribution in [-0.4, -0.2) is 68.0 Å². The summed E-state index contributed by atoms with van der Waals surface area (Å²) in [6, 6.07) is 13.6. The van der Waals surface area contributed by atoms with Crippen LogP contribution in [0.3, 0.4) is 0 Å². The lowest BCUT2D eigenvalue weighted by atomic mass is 10.1. The molecule has 0 saturated carbocycles. The van der Waals surface area contributed by atoms with Crippen molar-refractivity contribution in [3.8, 4) is 22.8 Å². The number of ether oxygens (including phenoxy) is 1. The van der Waals surface area contributed by atoms with Crippen molar-refractivity contribution in [3.63, 3.8) is 0 Å². The summed E-state index contributed by atoms with van der Waals surface area (Å²) in [6.07, 6.45) is 1.17. The maximum atomic E-state index is 12.5. The van der Waals surface area contributed by atoms with E-state index in [-0.39, 0.29) is 22.8 Å². The molecule has 2 heterocycles. The Kier molecular flexibility index (Phi) is 7.27. The van der Waals surface area contributed by atoms with Crippen molar-refractivity contribution < 1.29 is 17.9 Å². The van der Waals surface area contributed by atoms with Gasteiger partial charge in [0.25, 0.3) is 0 Å². The van der Waals surface area contributed by atoms with Crippen LogP contribution in [0.2, 0.25) is 0 Å². The molecule has 184 valence electrons. The molecule has 0 aliphatic carbocycles. The number of sulfone groups is 1. The van der Waals surface area contributed by atoms with E-state index in [4.69, 9.17) is 9.72 Å². The SMILES string of the molecule is CCNC(=O)Nc1ccc(-c2nc(-c3ccccc3S(C)(=O)=O)nc(N3CCOC[C@@H]3C)n2)cc1. The molecule has 1 aliphatic rings. The van der Waals surface area contributed by atoms with Crippen LogP contribution in [0.4, 0.5) is 16.4 Å². The molecular weight excluding hydrogens is 468 g/mol. The van der Waals surface area contributed by atoms with Crippen LogP contribution in [0.15, 0.2) is 53.4 Å². The van der Waals surface area contributed by atoms with Crippen LogP contribution in [-0.2, 0) is 14.6 Å². The zero-order valence-electron chi connectivity index (χ0n) is 19.9. The first-order valence-electron chi connectivity index (χ1n) is 11.3. The lowest BCUT2D eigenvalue weighted by Gasteiger charge is -2.33. The third-order valence-electron chi connectivity index (χ3n) is 5.51. The Balaban J connectivity index is 1.80. The standard InChI is InChI=1S/C24H28N6O4S/c1-4-25-24(31)26-18-11-9-17(10-12-18)21-27-22(19-7-5-6-8-20(19)35(3,32)33)29-23(28-21)30-13-14-34-15-16(30)2/h5-12,16H,4,13-15H2,1-3H3,(H2,25,26,31)/t16-/m0/s1. The molecule has 0 spiro atoms. The number of anilines is 2. The highest BCUT2D eigenvalue weighted by atomic mass is 32.2. The highest BCUT2D eigenvalue weighted by Crippen LogP contribution is 2.29. The first-order chi connectivity index (χ1) is 16.8. The quantitative estimate of drug-likeness (QED) is 0.533. The number of hydrogen-bond acceptors (Lipinski definition) is 8. The first-order valence-corrected chi connectivity index (χ1v) is 13.2. The van der Waals surface area contributed by atoms with E-state index in [1.165, 1.54) is 6.26 Å². The molecule has 1 atom stereocenters. The predicted octanol–water partition coefficient (Wildman–Crippen LogP) is 2.98. The molecule has 4 rings (SSSR count). The topological polar surface area (TPSA) is 126 Å². The molecule has 3 aromatic rings. The molecule has 10 nitrogen and oxygen atoms in total. The van der Waals surface area contributed by atoms with Gasteiger partial charge in [-0.1, -0.05) is 12.1 Å². The Hall–Kier alpha value is -3.57. The highest BCUT2D eigenvalue weighted by molar-refractivity contribution is 7.90. The molecular formula is C24H28N6O4S. The second-order valence-corrected chi connectivity index (χ2v) is 10.2. The van der Waals surface area contributed by atoms with E-state index in [9.17, 15) is 13.2 Å². The summed E-state index contributed by atoms with van der Waals surface area (Å²) < 4.78 is 30.5. The number of nitrogens with one attached hydrogen (secondary N) is 2. The molecule has 1 saturated heterocycles. The molecule has 11 heteroatoms. The van der Waals surface area contributed by atoms with Gasteiger partial charge in [-0.3, -0.25) is 0 Å². The van der Waals surface area contributed by atoms with Crippen molar-refractivity contribution in [3.05, 3.63) is 48.5 Å². The number of aromatic nitrogens is 3. The fourth-order valence-corrected chi connectivity index (χ4v) is 4.66. The van der Waals surface area contributed by atoms with E-state index in [2.05, 4.69) is 20.6 Å². The normalized spacial score (nSPS) is 16.1. The third-order valence-corrected chi connectivity index (χ3v) is 6.67. The Morgan fingerprint density at radius 3 is 2.49 bits per heavy atom. The van der Waals surface area contributed by atoms with Gasteiger partial charge in [-0.2, -0.15) is 9.97 Å². The summed E-state index contributed by atoms with van der Waals surface area (Å²) >= 11 is 0. The molecule has 35 heavy (non-hydrogen) atoms. The zero-order chi connectivity index (χ0) is 25.0. The number of urea groups is 1. The van der Waals surface area contributed by atoms with Gasteiger partial charge in [0.2, 0.25) is 5.95 Å². The van der Waals surface area contributed by atoms with Gasteiger partial charge in [-0.25, -0.2) is 18.2 Å². The monoisotopic (exact) mass is 496 g/mol. The molecule has 2 aromatic carbocycles. The van der Waals surface area contributed by atoms with Gasteiger partial charge in [-0.05, 0) is 50.2 Å². The number of hydrogen-bond donors (Lipinski definition) is 2. The number of morpholine rings is 1. The summed E-state index contributed by atoms with van der Waals surface area (Å²) in [4.78, 5) is 28.0. The molecule has 2 amide bonds. The van der Waals surface area contributed by atoms with Crippen LogP contribution < -0.4 is 15.5 Å². The zero-order valence-corrected chi connectivity index (χ0v) is 20.7. The van der Waals surface area contributed by atoms with Crippen molar-refractivity contribution >= 4 is 27.5 Å². The Bertz CT molecular complexity index is 1310. The van der Waals surface area contributed by atoms with E-state index < -0.39 is 9.84 Å². The fourth-order valence-electron chi connectivity index (χ4n) is 3.78. The van der Waals surface area contributed by atoms with Gasteiger partial charge < -0.3 is 20.3 Å². The van der Waals surface area contributed by atoms with Crippen molar-refractivity contribution in [2.75, 3.05) is 42.8 Å². The summed E-state index contributed by atoms with van der Waals surface area (Å²) in [5.41, 5.74) is 1.74. The van der Waals surface area contributed by atoms with E-state index >= 15 is 0 Å². The molecule has 1 aliphatic heterocycles. The van der Waals surface area contributed by atoms with Crippen LogP contribution in [0.5, 0.6) is 0 Å². The second-order valence-electron chi connectivity index (χ2n) is 8.23. The molecule has 2 N–H and O–H groups in total. The molecule has 1 aromatic heterocycles. The third kappa shape index (κ3) is 5.75. The van der Waals surface area contributed by atoms with Crippen molar-refractivity contribution in [1.82, 2.24) is 20.3 Å². The molecule has 0 radical (unpaired) electrons. The summed E-state index contributed by atoms with van der Waals surface area (Å²) in [5, 5.41) is 5.44. The number of benzene rings is 2. The van der Waals surface area contributed by atoms with E-state index in [1.807, 2.05) is 18.7 Å². The van der Waals surface area contributed by atoms with Crippen molar-refractivity contribution in [1.29, 1.82) is 0 Å². The minimum atomic E-state index is -3.51. The summed E-state index contributed by atoms with van der Waals surface area (Å²) in [6.45, 7) is 6.07. The smallest absolute Gasteiger partial charge is 0.319 e. The summed E-state index contributed by atoms with van der Waals surface area (Å²) in [5.74, 6) is 1.12. The van der Waals surface area contributed by atoms with Gasteiger partial charge in [0.1, 0.15) is 0 Å². The van der Waals surface area contributed by atoms with Gasteiger partial charge in [0.05, 0.1) is 24.2 Å². The van der Waals surface area contributed by atoms with E-state index in [0.29, 0.717) is 54.9 Å². The Morgan fingerprint density at radius 1 is 1.09 bits per heavy atom. The largest absolute Gasteiger partial charge is 0.377 e. The average molecular weight is 497 g/mol. The maximum absolute atomic E-state index is 12.5. The van der Waals surface area contributed by atoms with E-state index in [1.54, 1.807) is 48.5 Å². The van der Waals surface area contributed by atoms with Gasteiger partial charge >= 0.3 is 6.03 Å². The fraction of sp³-hybridized carbons (Fsp3) is 0.333. The first kappa shape index (κ1) is 24.6. The number of nitrogens with zero attached hydrogens (tertiary/aromatic N) is 4. The minimum Gasteiger partial charge on any atom is -0.377 e. The van der Waals surface area contributed by atoms with Crippen LogP contribution in [0.1, 0.15) is 13.8 Å². The van der Waals surface area contributed by atoms with Crippen LogP contribution in [0.25, 0.3) is 22.8 Å². The van der Waals surface area contributed by atoms with Crippen molar-refractivity contribution in [2.24, 2.45) is 0 Å². The number of carbonyl (C=O) groups is 1. The van der Waals surface area contributed by atoms with Crippen molar-refractivity contribution in [2.45, 2.75) is 24.8 Å². The van der Waals surface area contributed by atoms with E-state index in [0.717, 1.165) is 0 Å². The maximum Gasteiger partial charge on any atom is 0.319 e. The highest BCUT2D eigenvalue weighted by Gasteiger charge is 2.25. The van der Waals surface area contributed by atoms with Crippen LogP contribution in [0, 0.1) is 0 Å². The lowest BCUT2D eigenvalue weighted by Crippen LogP contribution is -2.44. The minimum absolute atomic E-state index is 0.0423. The average Bonchev–Trinajstić information content (AvgIpc) is 2.84. The van der Waals surface area contributed by atoms with Gasteiger partial charge in [0.15, 0.2) is 21.5 Å². The van der Waals surface area contributed by atoms with Gasteiger partial charge in [0, 0.05) is 36.2 Å². The number of rotatable bonds is 6. The number of carbonyl (C=O) groups excluding carboxylic acids is 1. The van der Waals surface area contributed by atoms with Gasteiger partial charge in [-0.15, -0.1) is 0 Å². The predicted molar refractivity (Wildman–Crippen MR) is 134 cm³/mol. The number of amides is 2. The molecule has 0 bridgehead atoms. The summed E-state index contributed by atoms with van der Waals surface area (Å²) in [7, 11) is -3.51. The Labute approximate surface area is 204 Å². The molecule has 0 unspecified atom stereocenters. The van der Waals surface area contributed by atoms with Crippen LogP contribution >= 0.6 is 0 Å².